The summed E-state index contributed by atoms with van der Waals surface area (Å²) in [7, 11) is 1.68. The van der Waals surface area contributed by atoms with E-state index in [4.69, 9.17) is 4.74 Å². The van der Waals surface area contributed by atoms with Crippen LogP contribution in [0.1, 0.15) is 30.2 Å². The highest BCUT2D eigenvalue weighted by molar-refractivity contribution is 9.10. The number of carbonyl (C=O) groups is 1. The molecular formula is C22H22BrN3O2. The third kappa shape index (κ3) is 2.25. The summed E-state index contributed by atoms with van der Waals surface area (Å²) in [5.74, 6) is 0.928. The molecule has 6 heteroatoms. The zero-order valence-electron chi connectivity index (χ0n) is 15.9. The minimum Gasteiger partial charge on any atom is -0.497 e. The van der Waals surface area contributed by atoms with Gasteiger partial charge < -0.3 is 14.6 Å². The van der Waals surface area contributed by atoms with Crippen molar-refractivity contribution in [1.82, 2.24) is 10.3 Å². The van der Waals surface area contributed by atoms with E-state index in [2.05, 4.69) is 45.3 Å². The average Bonchev–Trinajstić information content (AvgIpc) is 3.19. The fourth-order valence-electron chi connectivity index (χ4n) is 4.73. The molecule has 2 aromatic carbocycles. The molecule has 0 bridgehead atoms. The lowest BCUT2D eigenvalue weighted by Crippen LogP contribution is -2.55. The number of aromatic nitrogens is 1. The molecule has 0 radical (unpaired) electrons. The highest BCUT2D eigenvalue weighted by Crippen LogP contribution is 2.48. The highest BCUT2D eigenvalue weighted by atomic mass is 79.9. The van der Waals surface area contributed by atoms with Crippen LogP contribution < -0.4 is 15.0 Å². The van der Waals surface area contributed by atoms with Gasteiger partial charge in [0.25, 0.3) is 5.91 Å². The van der Waals surface area contributed by atoms with Crippen LogP contribution in [0.15, 0.2) is 40.9 Å². The van der Waals surface area contributed by atoms with Crippen LogP contribution in [0.2, 0.25) is 0 Å². The van der Waals surface area contributed by atoms with Gasteiger partial charge in [0.2, 0.25) is 0 Å². The molecule has 1 atom stereocenters. The summed E-state index contributed by atoms with van der Waals surface area (Å²) >= 11 is 3.60. The number of carbonyl (C=O) groups excluding carboxylic acids is 1. The van der Waals surface area contributed by atoms with Gasteiger partial charge in [0.05, 0.1) is 12.8 Å². The molecule has 1 spiro atoms. The van der Waals surface area contributed by atoms with Crippen LogP contribution in [0.25, 0.3) is 10.9 Å². The first-order valence-corrected chi connectivity index (χ1v) is 10.5. The normalized spacial score (nSPS) is 20.7. The zero-order chi connectivity index (χ0) is 19.5. The van der Waals surface area contributed by atoms with Gasteiger partial charge in [0.1, 0.15) is 5.75 Å². The molecule has 0 fully saturated rings. The fraction of sp³-hybridized carbons (Fsp3) is 0.318. The van der Waals surface area contributed by atoms with Crippen molar-refractivity contribution in [2.24, 2.45) is 0 Å². The number of rotatable bonds is 3. The molecular weight excluding hydrogens is 418 g/mol. The van der Waals surface area contributed by atoms with Crippen LogP contribution in [0.5, 0.6) is 5.75 Å². The Kier molecular flexibility index (Phi) is 4.03. The monoisotopic (exact) mass is 439 g/mol. The predicted molar refractivity (Wildman–Crippen MR) is 114 cm³/mol. The lowest BCUT2D eigenvalue weighted by molar-refractivity contribution is -0.123. The number of nitrogens with one attached hydrogen (secondary N) is 2. The summed E-state index contributed by atoms with van der Waals surface area (Å²) in [6.07, 6.45) is 1.78. The van der Waals surface area contributed by atoms with Crippen molar-refractivity contribution in [2.45, 2.75) is 25.3 Å². The minimum atomic E-state index is -0.867. The predicted octanol–water partition coefficient (Wildman–Crippen LogP) is 4.08. The number of hydrogen-bond donors (Lipinski definition) is 2. The van der Waals surface area contributed by atoms with Crippen LogP contribution in [-0.2, 0) is 16.8 Å². The molecule has 0 saturated heterocycles. The van der Waals surface area contributed by atoms with Crippen LogP contribution in [0, 0.1) is 0 Å². The third-order valence-electron chi connectivity index (χ3n) is 5.92. The summed E-state index contributed by atoms with van der Waals surface area (Å²) in [4.78, 5) is 19.3. The van der Waals surface area contributed by atoms with Gasteiger partial charge in [-0.2, -0.15) is 0 Å². The molecule has 3 heterocycles. The lowest BCUT2D eigenvalue weighted by Gasteiger charge is -2.34. The molecule has 0 unspecified atom stereocenters. The number of benzene rings is 2. The second kappa shape index (κ2) is 6.36. The summed E-state index contributed by atoms with van der Waals surface area (Å²) < 4.78 is 6.41. The summed E-state index contributed by atoms with van der Waals surface area (Å²) in [6, 6.07) is 12.2. The van der Waals surface area contributed by atoms with Crippen molar-refractivity contribution in [2.75, 3.05) is 25.1 Å². The van der Waals surface area contributed by atoms with Gasteiger partial charge in [-0.25, -0.2) is 0 Å². The van der Waals surface area contributed by atoms with Gasteiger partial charge >= 0.3 is 0 Å². The number of hydrogen-bond acceptors (Lipinski definition) is 3. The number of ether oxygens (including phenoxy) is 1. The standard InChI is InChI=1S/C22H22BrN3O2/c1-3-10-26-19-7-4-13(23)11-17(19)22(21(26)27)20-15(8-9-24-22)16-12-14(28-2)5-6-18(16)25-20/h4-7,11-12,24-25H,3,8-10H2,1-2H3/t22-/m1/s1. The third-order valence-corrected chi connectivity index (χ3v) is 6.41. The smallest absolute Gasteiger partial charge is 0.258 e. The molecule has 0 aliphatic carbocycles. The van der Waals surface area contributed by atoms with Gasteiger partial charge in [-0.15, -0.1) is 0 Å². The zero-order valence-corrected chi connectivity index (χ0v) is 17.5. The maximum atomic E-state index is 13.8. The second-order valence-electron chi connectivity index (χ2n) is 7.44. The number of anilines is 1. The molecule has 2 aliphatic heterocycles. The van der Waals surface area contributed by atoms with E-state index in [1.807, 2.05) is 29.2 Å². The van der Waals surface area contributed by atoms with Crippen LogP contribution >= 0.6 is 15.9 Å². The molecule has 2 aliphatic rings. The van der Waals surface area contributed by atoms with E-state index in [0.29, 0.717) is 6.54 Å². The molecule has 5 rings (SSSR count). The average molecular weight is 440 g/mol. The Labute approximate surface area is 172 Å². The van der Waals surface area contributed by atoms with Crippen LogP contribution in [0.3, 0.4) is 0 Å². The number of methoxy groups -OCH3 is 1. The Morgan fingerprint density at radius 1 is 1.25 bits per heavy atom. The van der Waals surface area contributed by atoms with Gasteiger partial charge in [-0.05, 0) is 54.8 Å². The topological polar surface area (TPSA) is 57.4 Å². The van der Waals surface area contributed by atoms with E-state index in [-0.39, 0.29) is 5.91 Å². The molecule has 5 nitrogen and oxygen atoms in total. The SMILES string of the molecule is CCCN1C(=O)[C@@]2(NCCc3c2[nH]c2ccc(OC)cc32)c2cc(Br)ccc21. The second-order valence-corrected chi connectivity index (χ2v) is 8.35. The van der Waals surface area contributed by atoms with Gasteiger partial charge in [-0.3, -0.25) is 10.1 Å². The van der Waals surface area contributed by atoms with Gasteiger partial charge in [0.15, 0.2) is 5.54 Å². The number of aromatic amines is 1. The van der Waals surface area contributed by atoms with Crippen molar-refractivity contribution in [3.8, 4) is 5.75 Å². The highest BCUT2D eigenvalue weighted by Gasteiger charge is 2.55. The quantitative estimate of drug-likeness (QED) is 0.645. The van der Waals surface area contributed by atoms with Crippen molar-refractivity contribution >= 4 is 38.4 Å². The first-order chi connectivity index (χ1) is 13.6. The van der Waals surface area contributed by atoms with Crippen molar-refractivity contribution in [3.05, 3.63) is 57.7 Å². The first kappa shape index (κ1) is 17.8. The molecule has 1 amide bonds. The number of H-pyrrole nitrogens is 1. The Morgan fingerprint density at radius 3 is 2.89 bits per heavy atom. The van der Waals surface area contributed by atoms with E-state index >= 15 is 0 Å². The summed E-state index contributed by atoms with van der Waals surface area (Å²) in [5.41, 5.74) is 4.34. The Bertz CT molecular complexity index is 1110. The lowest BCUT2D eigenvalue weighted by atomic mass is 9.82. The minimum absolute atomic E-state index is 0.0990. The Balaban J connectivity index is 1.80. The molecule has 0 saturated carbocycles. The van der Waals surface area contributed by atoms with E-state index < -0.39 is 5.54 Å². The van der Waals surface area contributed by atoms with Crippen molar-refractivity contribution < 1.29 is 9.53 Å². The van der Waals surface area contributed by atoms with Crippen molar-refractivity contribution in [1.29, 1.82) is 0 Å². The first-order valence-electron chi connectivity index (χ1n) is 9.66. The van der Waals surface area contributed by atoms with E-state index in [0.717, 1.165) is 57.5 Å². The summed E-state index contributed by atoms with van der Waals surface area (Å²) in [6.45, 7) is 3.56. The Hall–Kier alpha value is -2.31. The van der Waals surface area contributed by atoms with Gasteiger partial charge in [0, 0.05) is 39.7 Å². The summed E-state index contributed by atoms with van der Waals surface area (Å²) in [5, 5.41) is 4.72. The number of amides is 1. The fourth-order valence-corrected chi connectivity index (χ4v) is 5.09. The Morgan fingerprint density at radius 2 is 2.11 bits per heavy atom. The molecule has 2 N–H and O–H groups in total. The molecule has 144 valence electrons. The van der Waals surface area contributed by atoms with Gasteiger partial charge in [-0.1, -0.05) is 22.9 Å². The maximum absolute atomic E-state index is 13.8. The largest absolute Gasteiger partial charge is 0.497 e. The van der Waals surface area contributed by atoms with E-state index in [1.54, 1.807) is 7.11 Å². The van der Waals surface area contributed by atoms with E-state index in [1.165, 1.54) is 5.56 Å². The number of halogens is 1. The molecule has 3 aromatic rings. The van der Waals surface area contributed by atoms with Crippen LogP contribution in [-0.4, -0.2) is 31.1 Å². The maximum Gasteiger partial charge on any atom is 0.258 e. The van der Waals surface area contributed by atoms with Crippen molar-refractivity contribution in [3.63, 3.8) is 0 Å². The number of nitrogens with zero attached hydrogens (tertiary/aromatic N) is 1. The van der Waals surface area contributed by atoms with E-state index in [9.17, 15) is 4.79 Å². The van der Waals surface area contributed by atoms with Crippen LogP contribution in [0.4, 0.5) is 5.69 Å². The number of fused-ring (bicyclic) bond motifs is 6. The molecule has 1 aromatic heterocycles. The molecule has 28 heavy (non-hydrogen) atoms.